The highest BCUT2D eigenvalue weighted by atomic mass is 35.5. The average molecular weight is 255 g/mol. The van der Waals surface area contributed by atoms with Gasteiger partial charge in [-0.05, 0) is 25.5 Å². The molecule has 2 heterocycles. The molecule has 0 aromatic carbocycles. The molecule has 0 aliphatic carbocycles. The van der Waals surface area contributed by atoms with Gasteiger partial charge in [-0.2, -0.15) is 0 Å². The molecule has 1 unspecified atom stereocenters. The summed E-state index contributed by atoms with van der Waals surface area (Å²) in [5, 5.41) is 9.31. The number of likely N-dealkylation sites (N-methyl/N-ethyl adjacent to an activating group) is 1. The van der Waals surface area contributed by atoms with E-state index in [4.69, 9.17) is 11.6 Å². The van der Waals surface area contributed by atoms with Gasteiger partial charge in [-0.3, -0.25) is 5.01 Å². The van der Waals surface area contributed by atoms with Gasteiger partial charge in [-0.15, -0.1) is 0 Å². The summed E-state index contributed by atoms with van der Waals surface area (Å²) in [6.45, 7) is 6.05. The molecular weight excluding hydrogens is 236 g/mol. The summed E-state index contributed by atoms with van der Waals surface area (Å²) in [5.74, 6) is 0. The standard InChI is InChI=1S/C12H19ClN4/c1-9-12(13)11(5-7-15-17(9)2)16-10-4-3-6-14-8-10/h5,7,10,14-16H,1,3-4,6,8H2,2H3. The van der Waals surface area contributed by atoms with Crippen molar-refractivity contribution in [2.24, 2.45) is 0 Å². The lowest BCUT2D eigenvalue weighted by molar-refractivity contribution is 0.365. The summed E-state index contributed by atoms with van der Waals surface area (Å²) in [5.41, 5.74) is 4.76. The highest BCUT2D eigenvalue weighted by Crippen LogP contribution is 2.21. The van der Waals surface area contributed by atoms with Crippen molar-refractivity contribution in [1.82, 2.24) is 21.1 Å². The van der Waals surface area contributed by atoms with Gasteiger partial charge < -0.3 is 16.1 Å². The van der Waals surface area contributed by atoms with Gasteiger partial charge in [0, 0.05) is 25.8 Å². The smallest absolute Gasteiger partial charge is 0.0883 e. The Hall–Kier alpha value is -1.13. The van der Waals surface area contributed by atoms with Crippen molar-refractivity contribution in [1.29, 1.82) is 0 Å². The molecule has 5 heteroatoms. The Morgan fingerprint density at radius 2 is 2.41 bits per heavy atom. The topological polar surface area (TPSA) is 39.3 Å². The SMILES string of the molecule is C=C1C(Cl)=C(NC2CCCNC2)C=CNN1C. The Balaban J connectivity index is 2.08. The van der Waals surface area contributed by atoms with Crippen molar-refractivity contribution in [3.63, 3.8) is 0 Å². The summed E-state index contributed by atoms with van der Waals surface area (Å²) in [6, 6.07) is 0.438. The van der Waals surface area contributed by atoms with Gasteiger partial charge >= 0.3 is 0 Å². The van der Waals surface area contributed by atoms with E-state index in [1.807, 2.05) is 19.3 Å². The normalized spacial score (nSPS) is 25.6. The first-order chi connectivity index (χ1) is 8.18. The Bertz CT molecular complexity index is 356. The van der Waals surface area contributed by atoms with Gasteiger partial charge in [0.1, 0.15) is 0 Å². The second-order valence-electron chi connectivity index (χ2n) is 4.38. The van der Waals surface area contributed by atoms with Gasteiger partial charge in [-0.1, -0.05) is 18.2 Å². The van der Waals surface area contributed by atoms with E-state index in [-0.39, 0.29) is 0 Å². The molecule has 1 saturated heterocycles. The minimum Gasteiger partial charge on any atom is -0.380 e. The molecule has 0 aromatic rings. The lowest BCUT2D eigenvalue weighted by atomic mass is 10.1. The number of allylic oxidation sites excluding steroid dienone is 2. The fraction of sp³-hybridized carbons (Fsp3) is 0.500. The van der Waals surface area contributed by atoms with Crippen LogP contribution in [0.3, 0.4) is 0 Å². The molecule has 2 aliphatic rings. The lowest BCUT2D eigenvalue weighted by Gasteiger charge is -2.26. The molecule has 0 radical (unpaired) electrons. The van der Waals surface area contributed by atoms with E-state index >= 15 is 0 Å². The predicted octanol–water partition coefficient (Wildman–Crippen LogP) is 1.26. The number of hydrogen-bond donors (Lipinski definition) is 3. The van der Waals surface area contributed by atoms with Gasteiger partial charge in [0.05, 0.1) is 16.4 Å². The van der Waals surface area contributed by atoms with E-state index in [9.17, 15) is 0 Å². The molecule has 94 valence electrons. The zero-order valence-electron chi connectivity index (χ0n) is 10.1. The van der Waals surface area contributed by atoms with E-state index in [1.165, 1.54) is 12.8 Å². The third-order valence-electron chi connectivity index (χ3n) is 3.07. The van der Waals surface area contributed by atoms with E-state index in [0.717, 1.165) is 24.5 Å². The summed E-state index contributed by atoms with van der Waals surface area (Å²) >= 11 is 6.32. The van der Waals surface area contributed by atoms with E-state index in [0.29, 0.717) is 11.1 Å². The highest BCUT2D eigenvalue weighted by molar-refractivity contribution is 6.32. The van der Waals surface area contributed by atoms with Crippen LogP contribution in [0.2, 0.25) is 0 Å². The van der Waals surface area contributed by atoms with E-state index < -0.39 is 0 Å². The van der Waals surface area contributed by atoms with Crippen molar-refractivity contribution in [2.45, 2.75) is 18.9 Å². The molecule has 17 heavy (non-hydrogen) atoms. The molecule has 0 bridgehead atoms. The largest absolute Gasteiger partial charge is 0.380 e. The zero-order chi connectivity index (χ0) is 12.3. The minimum absolute atomic E-state index is 0.438. The molecule has 1 atom stereocenters. The fourth-order valence-corrected chi connectivity index (χ4v) is 2.24. The zero-order valence-corrected chi connectivity index (χ0v) is 10.8. The van der Waals surface area contributed by atoms with Crippen LogP contribution in [0.4, 0.5) is 0 Å². The number of rotatable bonds is 2. The van der Waals surface area contributed by atoms with Crippen molar-refractivity contribution in [3.8, 4) is 0 Å². The number of nitrogens with zero attached hydrogens (tertiary/aromatic N) is 1. The Kier molecular flexibility index (Phi) is 3.97. The molecule has 1 fully saturated rings. The molecule has 0 saturated carbocycles. The van der Waals surface area contributed by atoms with Gasteiger partial charge in [0.15, 0.2) is 0 Å². The van der Waals surface area contributed by atoms with Crippen LogP contribution in [-0.2, 0) is 0 Å². The molecule has 4 nitrogen and oxygen atoms in total. The third kappa shape index (κ3) is 2.96. The Morgan fingerprint density at radius 1 is 1.59 bits per heavy atom. The van der Waals surface area contributed by atoms with Crippen LogP contribution in [0.5, 0.6) is 0 Å². The molecule has 0 aromatic heterocycles. The number of nitrogens with one attached hydrogen (secondary N) is 3. The van der Waals surface area contributed by atoms with Crippen LogP contribution >= 0.6 is 11.6 Å². The van der Waals surface area contributed by atoms with Crippen molar-refractivity contribution < 1.29 is 0 Å². The monoisotopic (exact) mass is 254 g/mol. The van der Waals surface area contributed by atoms with Gasteiger partial charge in [-0.25, -0.2) is 0 Å². The second kappa shape index (κ2) is 5.47. The number of halogens is 1. The molecule has 2 rings (SSSR count). The maximum atomic E-state index is 6.32. The first kappa shape index (κ1) is 12.3. The number of piperidine rings is 1. The summed E-state index contributed by atoms with van der Waals surface area (Å²) in [6.07, 6.45) is 6.18. The van der Waals surface area contributed by atoms with Gasteiger partial charge in [0.2, 0.25) is 0 Å². The Morgan fingerprint density at radius 3 is 3.12 bits per heavy atom. The Labute approximate surface area is 107 Å². The maximum Gasteiger partial charge on any atom is 0.0883 e. The number of hydrazine groups is 1. The second-order valence-corrected chi connectivity index (χ2v) is 4.76. The summed E-state index contributed by atoms with van der Waals surface area (Å²) in [4.78, 5) is 0. The van der Waals surface area contributed by atoms with Crippen molar-refractivity contribution in [2.75, 3.05) is 20.1 Å². The van der Waals surface area contributed by atoms with Gasteiger partial charge in [0.25, 0.3) is 0 Å². The predicted molar refractivity (Wildman–Crippen MR) is 71.1 cm³/mol. The fourth-order valence-electron chi connectivity index (χ4n) is 1.99. The third-order valence-corrected chi connectivity index (χ3v) is 3.49. The van der Waals surface area contributed by atoms with Crippen LogP contribution in [0.25, 0.3) is 0 Å². The lowest BCUT2D eigenvalue weighted by Crippen LogP contribution is -2.42. The average Bonchev–Trinajstić information content (AvgIpc) is 2.46. The first-order valence-electron chi connectivity index (χ1n) is 5.91. The van der Waals surface area contributed by atoms with Crippen LogP contribution < -0.4 is 16.1 Å². The molecule has 3 N–H and O–H groups in total. The molecule has 0 spiro atoms. The summed E-state index contributed by atoms with van der Waals surface area (Å²) in [7, 11) is 1.89. The maximum absolute atomic E-state index is 6.32. The number of hydrogen-bond acceptors (Lipinski definition) is 4. The van der Waals surface area contributed by atoms with Crippen molar-refractivity contribution in [3.05, 3.63) is 35.3 Å². The van der Waals surface area contributed by atoms with Crippen LogP contribution in [0, 0.1) is 0 Å². The van der Waals surface area contributed by atoms with Crippen molar-refractivity contribution >= 4 is 11.6 Å². The first-order valence-corrected chi connectivity index (χ1v) is 6.29. The molecule has 2 aliphatic heterocycles. The highest BCUT2D eigenvalue weighted by Gasteiger charge is 2.17. The molecule has 0 amide bonds. The van der Waals surface area contributed by atoms with Crippen LogP contribution in [0.1, 0.15) is 12.8 Å². The van der Waals surface area contributed by atoms with Crippen LogP contribution in [0.15, 0.2) is 35.3 Å². The molecular formula is C12H19ClN4. The van der Waals surface area contributed by atoms with E-state index in [1.54, 1.807) is 5.01 Å². The van der Waals surface area contributed by atoms with E-state index in [2.05, 4.69) is 22.6 Å². The minimum atomic E-state index is 0.438. The summed E-state index contributed by atoms with van der Waals surface area (Å²) < 4.78 is 0. The quantitative estimate of drug-likeness (QED) is 0.694. The van der Waals surface area contributed by atoms with Crippen LogP contribution in [-0.4, -0.2) is 31.2 Å².